The molecule has 8 nitrogen and oxygen atoms in total. The molecule has 0 aliphatic carbocycles. The number of aromatic nitrogens is 1. The van der Waals surface area contributed by atoms with Gasteiger partial charge >= 0.3 is 5.97 Å². The highest BCUT2D eigenvalue weighted by atomic mass is 19.1. The minimum atomic E-state index is -0.929. The first-order valence-electron chi connectivity index (χ1n) is 11.5. The molecule has 1 aliphatic rings. The number of amides is 1. The molecule has 1 aliphatic heterocycles. The highest BCUT2D eigenvalue weighted by molar-refractivity contribution is 5.97. The average Bonchev–Trinajstić information content (AvgIpc) is 2.88. The first kappa shape index (κ1) is 26.2. The van der Waals surface area contributed by atoms with E-state index in [0.717, 1.165) is 5.56 Å². The van der Waals surface area contributed by atoms with E-state index in [9.17, 15) is 19.1 Å². The summed E-state index contributed by atoms with van der Waals surface area (Å²) in [4.78, 5) is 29.7. The Morgan fingerprint density at radius 2 is 2.06 bits per heavy atom. The lowest BCUT2D eigenvalue weighted by Gasteiger charge is -2.31. The third-order valence-corrected chi connectivity index (χ3v) is 6.03. The van der Waals surface area contributed by atoms with Crippen LogP contribution in [0, 0.1) is 11.7 Å². The molecule has 4 unspecified atom stereocenters. The molecule has 0 bridgehead atoms. The SMILES string of the molecule is C=CCOC1C(Cc2ccc(F)cc2)CCCC(NC(=O)c2nccc(OC)c2O)C(=O)OC1C. The molecule has 0 radical (unpaired) electrons. The molecule has 2 N–H and O–H groups in total. The molecular formula is C26H31FN2O6. The summed E-state index contributed by atoms with van der Waals surface area (Å²) in [5.74, 6) is -1.93. The number of methoxy groups -OCH3 is 1. The molecule has 9 heteroatoms. The third-order valence-electron chi connectivity index (χ3n) is 6.03. The number of aromatic hydroxyl groups is 1. The van der Waals surface area contributed by atoms with Crippen LogP contribution in [-0.2, 0) is 20.7 Å². The van der Waals surface area contributed by atoms with Gasteiger partial charge in [-0.2, -0.15) is 0 Å². The van der Waals surface area contributed by atoms with E-state index in [2.05, 4.69) is 16.9 Å². The van der Waals surface area contributed by atoms with E-state index in [0.29, 0.717) is 25.7 Å². The molecular weight excluding hydrogens is 455 g/mol. The van der Waals surface area contributed by atoms with Gasteiger partial charge in [-0.15, -0.1) is 6.58 Å². The molecule has 1 amide bonds. The number of ether oxygens (including phenoxy) is 3. The van der Waals surface area contributed by atoms with Crippen LogP contribution in [0.2, 0.25) is 0 Å². The van der Waals surface area contributed by atoms with Gasteiger partial charge in [-0.25, -0.2) is 14.2 Å². The molecule has 1 fully saturated rings. The Kier molecular flexibility index (Phi) is 9.19. The van der Waals surface area contributed by atoms with Crippen LogP contribution in [0.15, 0.2) is 49.2 Å². The van der Waals surface area contributed by atoms with Crippen LogP contribution in [-0.4, -0.2) is 53.9 Å². The number of rotatable bonds is 8. The number of carbonyl (C=O) groups excluding carboxylic acids is 2. The Morgan fingerprint density at radius 3 is 2.74 bits per heavy atom. The number of esters is 1. The fourth-order valence-electron chi connectivity index (χ4n) is 4.30. The Labute approximate surface area is 204 Å². The van der Waals surface area contributed by atoms with Crippen molar-refractivity contribution in [3.8, 4) is 11.5 Å². The van der Waals surface area contributed by atoms with E-state index in [1.807, 2.05) is 0 Å². The first-order chi connectivity index (χ1) is 16.8. The second-order valence-corrected chi connectivity index (χ2v) is 8.49. The van der Waals surface area contributed by atoms with Gasteiger partial charge in [0, 0.05) is 12.3 Å². The number of cyclic esters (lactones) is 1. The minimum absolute atomic E-state index is 0.0123. The van der Waals surface area contributed by atoms with Crippen LogP contribution < -0.4 is 10.1 Å². The maximum absolute atomic E-state index is 13.4. The van der Waals surface area contributed by atoms with Crippen molar-refractivity contribution in [3.63, 3.8) is 0 Å². The number of halogens is 1. The number of nitrogens with zero attached hydrogens (tertiary/aromatic N) is 1. The molecule has 4 atom stereocenters. The van der Waals surface area contributed by atoms with E-state index in [1.54, 1.807) is 25.1 Å². The molecule has 2 heterocycles. The molecule has 188 valence electrons. The van der Waals surface area contributed by atoms with Crippen molar-refractivity contribution in [2.75, 3.05) is 13.7 Å². The van der Waals surface area contributed by atoms with Crippen molar-refractivity contribution in [3.05, 3.63) is 66.3 Å². The van der Waals surface area contributed by atoms with Gasteiger partial charge in [0.2, 0.25) is 0 Å². The van der Waals surface area contributed by atoms with E-state index in [4.69, 9.17) is 14.2 Å². The van der Waals surface area contributed by atoms with Crippen molar-refractivity contribution in [1.29, 1.82) is 0 Å². The molecule has 0 spiro atoms. The maximum Gasteiger partial charge on any atom is 0.329 e. The van der Waals surface area contributed by atoms with Crippen LogP contribution in [0.25, 0.3) is 0 Å². The summed E-state index contributed by atoms with van der Waals surface area (Å²) in [7, 11) is 1.36. The van der Waals surface area contributed by atoms with Gasteiger partial charge in [-0.1, -0.05) is 24.6 Å². The Hall–Kier alpha value is -3.46. The largest absolute Gasteiger partial charge is 0.503 e. The highest BCUT2D eigenvalue weighted by Crippen LogP contribution is 2.29. The zero-order valence-electron chi connectivity index (χ0n) is 19.9. The van der Waals surface area contributed by atoms with Gasteiger partial charge < -0.3 is 24.6 Å². The highest BCUT2D eigenvalue weighted by Gasteiger charge is 2.35. The van der Waals surface area contributed by atoms with Crippen LogP contribution in [0.1, 0.15) is 42.2 Å². The van der Waals surface area contributed by atoms with Gasteiger partial charge in [0.25, 0.3) is 5.91 Å². The van der Waals surface area contributed by atoms with Gasteiger partial charge in [-0.05, 0) is 49.8 Å². The van der Waals surface area contributed by atoms with Crippen LogP contribution in [0.3, 0.4) is 0 Å². The summed E-state index contributed by atoms with van der Waals surface area (Å²) in [6.07, 6.45) is 4.18. The number of hydrogen-bond donors (Lipinski definition) is 2. The van der Waals surface area contributed by atoms with Crippen molar-refractivity contribution < 1.29 is 33.3 Å². The van der Waals surface area contributed by atoms with Gasteiger partial charge in [0.05, 0.1) is 19.8 Å². The Bertz CT molecular complexity index is 1030. The molecule has 35 heavy (non-hydrogen) atoms. The summed E-state index contributed by atoms with van der Waals surface area (Å²) in [6, 6.07) is 6.80. The topological polar surface area (TPSA) is 107 Å². The lowest BCUT2D eigenvalue weighted by Crippen LogP contribution is -2.44. The third kappa shape index (κ3) is 6.79. The normalized spacial score (nSPS) is 22.8. The van der Waals surface area contributed by atoms with Crippen LogP contribution in [0.5, 0.6) is 11.5 Å². The standard InChI is InChI=1S/C26H31FN2O6/c1-4-14-34-24-16(2)35-26(32)20(29-25(31)22-23(30)21(33-3)12-13-28-22)7-5-6-18(24)15-17-8-10-19(27)11-9-17/h4,8-13,16,18,20,24,30H,1,5-7,14-15H2,2-3H3,(H,29,31). The van der Waals surface area contributed by atoms with E-state index in [1.165, 1.54) is 31.5 Å². The summed E-state index contributed by atoms with van der Waals surface area (Å²) in [5.41, 5.74) is 0.706. The molecule has 1 aromatic heterocycles. The predicted octanol–water partition coefficient (Wildman–Crippen LogP) is 3.58. The van der Waals surface area contributed by atoms with Gasteiger partial charge in [0.15, 0.2) is 17.2 Å². The fourth-order valence-corrected chi connectivity index (χ4v) is 4.30. The molecule has 0 saturated carbocycles. The van der Waals surface area contributed by atoms with Crippen molar-refractivity contribution >= 4 is 11.9 Å². The fraction of sp³-hybridized carbons (Fsp3) is 0.423. The zero-order valence-corrected chi connectivity index (χ0v) is 19.9. The zero-order chi connectivity index (χ0) is 25.4. The van der Waals surface area contributed by atoms with Crippen molar-refractivity contribution in [2.24, 2.45) is 5.92 Å². The van der Waals surface area contributed by atoms with E-state index in [-0.39, 0.29) is 29.8 Å². The summed E-state index contributed by atoms with van der Waals surface area (Å²) >= 11 is 0. The molecule has 3 rings (SSSR count). The number of hydrogen-bond acceptors (Lipinski definition) is 7. The predicted molar refractivity (Wildman–Crippen MR) is 127 cm³/mol. The quantitative estimate of drug-likeness (QED) is 0.434. The monoisotopic (exact) mass is 486 g/mol. The van der Waals surface area contributed by atoms with Crippen molar-refractivity contribution in [2.45, 2.75) is 50.9 Å². The van der Waals surface area contributed by atoms with E-state index < -0.39 is 35.9 Å². The van der Waals surface area contributed by atoms with Crippen LogP contribution >= 0.6 is 0 Å². The minimum Gasteiger partial charge on any atom is -0.503 e. The lowest BCUT2D eigenvalue weighted by atomic mass is 9.87. The molecule has 1 saturated heterocycles. The number of benzene rings is 1. The van der Waals surface area contributed by atoms with Crippen LogP contribution in [0.4, 0.5) is 4.39 Å². The molecule has 1 aromatic carbocycles. The summed E-state index contributed by atoms with van der Waals surface area (Å²) in [5, 5.41) is 12.9. The lowest BCUT2D eigenvalue weighted by molar-refractivity contribution is -0.160. The van der Waals surface area contributed by atoms with Gasteiger partial charge in [0.1, 0.15) is 18.0 Å². The number of pyridine rings is 1. The first-order valence-corrected chi connectivity index (χ1v) is 11.5. The Morgan fingerprint density at radius 1 is 1.31 bits per heavy atom. The summed E-state index contributed by atoms with van der Waals surface area (Å²) in [6.45, 7) is 5.74. The smallest absolute Gasteiger partial charge is 0.329 e. The maximum atomic E-state index is 13.4. The average molecular weight is 487 g/mol. The number of carbonyl (C=O) groups is 2. The Balaban J connectivity index is 1.77. The summed E-state index contributed by atoms with van der Waals surface area (Å²) < 4.78 is 30.1. The second kappa shape index (κ2) is 12.3. The van der Waals surface area contributed by atoms with E-state index >= 15 is 0 Å². The molecule has 2 aromatic rings. The number of nitrogens with one attached hydrogen (secondary N) is 1. The van der Waals surface area contributed by atoms with Crippen molar-refractivity contribution in [1.82, 2.24) is 10.3 Å². The second-order valence-electron chi connectivity index (χ2n) is 8.49. The van der Waals surface area contributed by atoms with Gasteiger partial charge in [-0.3, -0.25) is 4.79 Å².